The largest absolute Gasteiger partial charge is 0.573 e. The summed E-state index contributed by atoms with van der Waals surface area (Å²) in [5, 5.41) is 0.330. The van der Waals surface area contributed by atoms with E-state index in [1.807, 2.05) is 0 Å². The minimum atomic E-state index is -4.99. The van der Waals surface area contributed by atoms with Gasteiger partial charge in [-0.05, 0) is 53.4 Å². The summed E-state index contributed by atoms with van der Waals surface area (Å²) in [7, 11) is 0. The molecule has 0 aliphatic carbocycles. The minimum absolute atomic E-state index is 0.0426. The van der Waals surface area contributed by atoms with Crippen molar-refractivity contribution in [3.63, 3.8) is 0 Å². The number of nitrogens with zero attached hydrogens (tertiary/aromatic N) is 1. The van der Waals surface area contributed by atoms with Gasteiger partial charge in [-0.2, -0.15) is 13.2 Å². The second-order valence-corrected chi connectivity index (χ2v) is 10.8. The Hall–Kier alpha value is -3.77. The van der Waals surface area contributed by atoms with E-state index < -0.39 is 59.3 Å². The third kappa shape index (κ3) is 5.78. The molecule has 0 saturated heterocycles. The number of thioether (sulfide) groups is 1. The van der Waals surface area contributed by atoms with Gasteiger partial charge in [-0.25, -0.2) is 4.39 Å². The van der Waals surface area contributed by atoms with Crippen LogP contribution in [0.3, 0.4) is 0 Å². The number of hydrogen-bond donors (Lipinski definition) is 1. The number of fused-ring (bicyclic) bond motifs is 1. The number of pyridine rings is 1. The summed E-state index contributed by atoms with van der Waals surface area (Å²) in [4.78, 5) is 14.1. The van der Waals surface area contributed by atoms with Crippen LogP contribution in [0.1, 0.15) is 39.9 Å². The molecule has 4 nitrogen and oxygen atoms in total. The number of aromatic nitrogens is 1. The zero-order valence-electron chi connectivity index (χ0n) is 21.9. The topological polar surface area (TPSA) is 57.2 Å². The van der Waals surface area contributed by atoms with Gasteiger partial charge >= 0.3 is 12.5 Å². The average molecular weight is 609 g/mol. The standard InChI is InChI=1S/C30H23F7N2O2S/c1-16-20(14-21-22(29(32,33)34)11-6-12-23(21)31)28-39(24(15-42-28)26(38)17-7-3-2-4-8-17)27(40)25(16)18-9-5-10-19(13-18)41-30(35,36)37/h2-13,24,26H,14-15,38H2,1H3. The Balaban J connectivity index is 1.75. The van der Waals surface area contributed by atoms with E-state index >= 15 is 0 Å². The van der Waals surface area contributed by atoms with Crippen LogP contribution in [-0.4, -0.2) is 16.7 Å². The summed E-state index contributed by atoms with van der Waals surface area (Å²) >= 11 is 1.21. The van der Waals surface area contributed by atoms with E-state index in [0.29, 0.717) is 16.3 Å². The van der Waals surface area contributed by atoms with E-state index in [2.05, 4.69) is 4.74 Å². The second kappa shape index (κ2) is 11.1. The van der Waals surface area contributed by atoms with E-state index in [1.54, 1.807) is 30.3 Å². The van der Waals surface area contributed by atoms with Crippen LogP contribution in [0.5, 0.6) is 5.75 Å². The Labute approximate surface area is 239 Å². The Morgan fingerprint density at radius 3 is 2.33 bits per heavy atom. The summed E-state index contributed by atoms with van der Waals surface area (Å²) in [5.74, 6) is -1.36. The molecule has 3 aromatic carbocycles. The summed E-state index contributed by atoms with van der Waals surface area (Å²) in [6.45, 7) is 1.49. The normalized spacial score (nSPS) is 15.9. The highest BCUT2D eigenvalue weighted by Crippen LogP contribution is 2.44. The highest BCUT2D eigenvalue weighted by molar-refractivity contribution is 7.99. The van der Waals surface area contributed by atoms with Crippen LogP contribution in [0.4, 0.5) is 30.7 Å². The number of alkyl halides is 6. The molecule has 0 radical (unpaired) electrons. The van der Waals surface area contributed by atoms with Gasteiger partial charge < -0.3 is 10.5 Å². The molecule has 2 heterocycles. The molecular weight excluding hydrogens is 585 g/mol. The molecule has 0 amide bonds. The van der Waals surface area contributed by atoms with E-state index in [-0.39, 0.29) is 22.3 Å². The number of rotatable bonds is 6. The van der Waals surface area contributed by atoms with Crippen molar-refractivity contribution in [3.8, 4) is 16.9 Å². The van der Waals surface area contributed by atoms with E-state index in [1.165, 1.54) is 35.4 Å². The predicted molar refractivity (Wildman–Crippen MR) is 145 cm³/mol. The van der Waals surface area contributed by atoms with Crippen molar-refractivity contribution in [1.29, 1.82) is 0 Å². The van der Waals surface area contributed by atoms with Crippen LogP contribution < -0.4 is 16.0 Å². The molecule has 4 aromatic rings. The van der Waals surface area contributed by atoms with Gasteiger partial charge in [0.2, 0.25) is 0 Å². The lowest BCUT2D eigenvalue weighted by Crippen LogP contribution is -2.33. The molecule has 42 heavy (non-hydrogen) atoms. The van der Waals surface area contributed by atoms with Crippen molar-refractivity contribution >= 4 is 11.8 Å². The fourth-order valence-corrected chi connectivity index (χ4v) is 6.71. The van der Waals surface area contributed by atoms with Gasteiger partial charge in [-0.1, -0.05) is 48.5 Å². The lowest BCUT2D eigenvalue weighted by atomic mass is 9.92. The third-order valence-corrected chi connectivity index (χ3v) is 8.42. The summed E-state index contributed by atoms with van der Waals surface area (Å²) in [5.41, 5.74) is 5.43. The monoisotopic (exact) mass is 608 g/mol. The maximum absolute atomic E-state index is 15.0. The molecule has 220 valence electrons. The first kappa shape index (κ1) is 29.7. The van der Waals surface area contributed by atoms with Crippen LogP contribution >= 0.6 is 11.8 Å². The smallest absolute Gasteiger partial charge is 0.406 e. The first-order chi connectivity index (χ1) is 19.8. The van der Waals surface area contributed by atoms with E-state index in [0.717, 1.165) is 30.3 Å². The Morgan fingerprint density at radius 1 is 0.976 bits per heavy atom. The van der Waals surface area contributed by atoms with Gasteiger partial charge in [0.25, 0.3) is 5.56 Å². The fraction of sp³-hybridized carbons (Fsp3) is 0.233. The maximum atomic E-state index is 15.0. The molecule has 1 aromatic heterocycles. The zero-order valence-corrected chi connectivity index (χ0v) is 22.7. The second-order valence-electron chi connectivity index (χ2n) is 9.79. The molecule has 2 N–H and O–H groups in total. The SMILES string of the molecule is Cc1c(Cc2c(F)cccc2C(F)(F)F)c2n(c(=O)c1-c1cccc(OC(F)(F)F)c1)C(C(N)c1ccccc1)CS2. The molecule has 0 saturated carbocycles. The van der Waals surface area contributed by atoms with Crippen molar-refractivity contribution in [2.45, 2.75) is 43.0 Å². The minimum Gasteiger partial charge on any atom is -0.406 e. The van der Waals surface area contributed by atoms with Crippen molar-refractivity contribution in [2.75, 3.05) is 5.75 Å². The lowest BCUT2D eigenvalue weighted by Gasteiger charge is -2.25. The van der Waals surface area contributed by atoms with Gasteiger partial charge in [0.1, 0.15) is 11.6 Å². The molecule has 1 aliphatic rings. The Bertz CT molecular complexity index is 1680. The molecule has 2 unspecified atom stereocenters. The third-order valence-electron chi connectivity index (χ3n) is 7.19. The van der Waals surface area contributed by atoms with Gasteiger partial charge in [-0.3, -0.25) is 9.36 Å². The molecule has 0 bridgehead atoms. The number of halogens is 7. The van der Waals surface area contributed by atoms with Crippen molar-refractivity contribution < 1.29 is 35.5 Å². The highest BCUT2D eigenvalue weighted by atomic mass is 32.2. The predicted octanol–water partition coefficient (Wildman–Crippen LogP) is 7.82. The Kier molecular flexibility index (Phi) is 7.88. The van der Waals surface area contributed by atoms with Crippen LogP contribution in [0.15, 0.2) is 82.6 Å². The van der Waals surface area contributed by atoms with Gasteiger partial charge in [-0.15, -0.1) is 24.9 Å². The molecule has 12 heteroatoms. The summed E-state index contributed by atoms with van der Waals surface area (Å²) in [6, 6.07) is 15.0. The number of benzene rings is 3. The first-order valence-electron chi connectivity index (χ1n) is 12.7. The van der Waals surface area contributed by atoms with Crippen LogP contribution in [0.25, 0.3) is 11.1 Å². The molecule has 0 spiro atoms. The molecule has 0 fully saturated rings. The Morgan fingerprint density at radius 2 is 1.67 bits per heavy atom. The number of ether oxygens (including phenoxy) is 1. The molecule has 2 atom stereocenters. The van der Waals surface area contributed by atoms with Crippen molar-refractivity contribution in [1.82, 2.24) is 4.57 Å². The lowest BCUT2D eigenvalue weighted by molar-refractivity contribution is -0.274. The average Bonchev–Trinajstić information content (AvgIpc) is 3.36. The van der Waals surface area contributed by atoms with Crippen molar-refractivity contribution in [2.24, 2.45) is 5.73 Å². The number of nitrogens with two attached hydrogens (primary N) is 1. The number of hydrogen-bond acceptors (Lipinski definition) is 4. The van der Waals surface area contributed by atoms with Crippen LogP contribution in [0, 0.1) is 12.7 Å². The van der Waals surface area contributed by atoms with Gasteiger partial charge in [0.15, 0.2) is 0 Å². The van der Waals surface area contributed by atoms with Gasteiger partial charge in [0, 0.05) is 17.7 Å². The van der Waals surface area contributed by atoms with Crippen molar-refractivity contribution in [3.05, 3.63) is 117 Å². The van der Waals surface area contributed by atoms with Gasteiger partial charge in [0.05, 0.1) is 28.2 Å². The highest BCUT2D eigenvalue weighted by Gasteiger charge is 2.38. The first-order valence-corrected chi connectivity index (χ1v) is 13.7. The molecule has 5 rings (SSSR count). The summed E-state index contributed by atoms with van der Waals surface area (Å²) in [6.07, 6.45) is -10.4. The molecule has 1 aliphatic heterocycles. The van der Waals surface area contributed by atoms with Crippen LogP contribution in [0.2, 0.25) is 0 Å². The van der Waals surface area contributed by atoms with E-state index in [9.17, 15) is 35.5 Å². The van der Waals surface area contributed by atoms with Crippen LogP contribution in [-0.2, 0) is 12.6 Å². The maximum Gasteiger partial charge on any atom is 0.573 e. The zero-order chi connectivity index (χ0) is 30.4. The van der Waals surface area contributed by atoms with E-state index in [4.69, 9.17) is 5.73 Å². The fourth-order valence-electron chi connectivity index (χ4n) is 5.27. The summed E-state index contributed by atoms with van der Waals surface area (Å²) < 4.78 is 101. The quantitative estimate of drug-likeness (QED) is 0.227. The molecular formula is C30H23F7N2O2S.